The quantitative estimate of drug-likeness (QED) is 0.695. The summed E-state index contributed by atoms with van der Waals surface area (Å²) in [5, 5.41) is 10.5. The van der Waals surface area contributed by atoms with Gasteiger partial charge < -0.3 is 19.6 Å². The zero-order valence-electron chi connectivity index (χ0n) is 17.1. The number of benzene rings is 1. The van der Waals surface area contributed by atoms with E-state index in [1.165, 1.54) is 0 Å². The Hall–Kier alpha value is -2.70. The van der Waals surface area contributed by atoms with Gasteiger partial charge >= 0.3 is 0 Å². The number of aromatic nitrogens is 2. The summed E-state index contributed by atoms with van der Waals surface area (Å²) in [6.45, 7) is 9.31. The fourth-order valence-corrected chi connectivity index (χ4v) is 3.65. The third-order valence-corrected chi connectivity index (χ3v) is 5.33. The van der Waals surface area contributed by atoms with Crippen molar-refractivity contribution in [1.29, 1.82) is 0 Å². The Morgan fingerprint density at radius 1 is 1.10 bits per heavy atom. The lowest BCUT2D eigenvalue weighted by molar-refractivity contribution is 0.123. The highest BCUT2D eigenvalue weighted by molar-refractivity contribution is 5.91. The maximum absolute atomic E-state index is 9.38. The first kappa shape index (κ1) is 19.6. The third-order valence-electron chi connectivity index (χ3n) is 5.33. The summed E-state index contributed by atoms with van der Waals surface area (Å²) < 4.78 is 5.57. The predicted molar refractivity (Wildman–Crippen MR) is 116 cm³/mol. The number of rotatable bonds is 6. The number of piperazine rings is 1. The Morgan fingerprint density at radius 3 is 2.55 bits per heavy atom. The maximum atomic E-state index is 9.38. The van der Waals surface area contributed by atoms with Crippen LogP contribution in [-0.4, -0.2) is 65.4 Å². The maximum Gasteiger partial charge on any atom is 0.155 e. The first-order valence-corrected chi connectivity index (χ1v) is 10.3. The Kier molecular flexibility index (Phi) is 5.92. The van der Waals surface area contributed by atoms with Gasteiger partial charge in [0.15, 0.2) is 5.82 Å². The van der Waals surface area contributed by atoms with E-state index < -0.39 is 6.10 Å². The molecule has 2 aromatic heterocycles. The van der Waals surface area contributed by atoms with E-state index in [0.29, 0.717) is 0 Å². The number of aliphatic hydroxyl groups excluding tert-OH is 1. The van der Waals surface area contributed by atoms with Crippen molar-refractivity contribution in [3.8, 4) is 17.0 Å². The van der Waals surface area contributed by atoms with E-state index in [-0.39, 0.29) is 6.61 Å². The van der Waals surface area contributed by atoms with E-state index in [1.54, 1.807) is 6.92 Å². The smallest absolute Gasteiger partial charge is 0.155 e. The van der Waals surface area contributed by atoms with Gasteiger partial charge in [-0.05, 0) is 49.9 Å². The van der Waals surface area contributed by atoms with Crippen LogP contribution in [0.3, 0.4) is 0 Å². The molecule has 1 aliphatic rings. The molecule has 1 fully saturated rings. The van der Waals surface area contributed by atoms with Crippen LogP contribution in [0, 0.1) is 0 Å². The molecule has 0 amide bonds. The van der Waals surface area contributed by atoms with Gasteiger partial charge in [0, 0.05) is 43.3 Å². The second-order valence-corrected chi connectivity index (χ2v) is 7.51. The molecule has 1 N–H and O–H groups in total. The van der Waals surface area contributed by atoms with Crippen molar-refractivity contribution in [3.05, 3.63) is 48.7 Å². The molecule has 3 aromatic rings. The summed E-state index contributed by atoms with van der Waals surface area (Å²) >= 11 is 0. The second kappa shape index (κ2) is 8.76. The Bertz CT molecular complexity index is 951. The molecule has 1 atom stereocenters. The minimum absolute atomic E-state index is 0.285. The lowest BCUT2D eigenvalue weighted by Crippen LogP contribution is -2.46. The fourth-order valence-electron chi connectivity index (χ4n) is 3.65. The average Bonchev–Trinajstić information content (AvgIpc) is 2.77. The normalized spacial score (nSPS) is 16.2. The molecule has 0 radical (unpaired) electrons. The number of ether oxygens (including phenoxy) is 1. The minimum atomic E-state index is -0.486. The molecule has 4 rings (SSSR count). The first-order valence-electron chi connectivity index (χ1n) is 10.3. The molecule has 152 valence electrons. The fraction of sp³-hybridized carbons (Fsp3) is 0.391. The molecular formula is C23H28N4O2. The molecule has 3 heterocycles. The lowest BCUT2D eigenvalue weighted by Gasteiger charge is -2.35. The highest BCUT2D eigenvalue weighted by atomic mass is 16.5. The number of likely N-dealkylation sites (N-methyl/N-ethyl adjacent to an activating group) is 1. The monoisotopic (exact) mass is 392 g/mol. The molecular weight excluding hydrogens is 364 g/mol. The van der Waals surface area contributed by atoms with Crippen LogP contribution in [0.2, 0.25) is 0 Å². The van der Waals surface area contributed by atoms with Crippen molar-refractivity contribution in [3.63, 3.8) is 0 Å². The van der Waals surface area contributed by atoms with Gasteiger partial charge in [0.25, 0.3) is 0 Å². The van der Waals surface area contributed by atoms with E-state index in [2.05, 4.69) is 33.8 Å². The molecule has 0 spiro atoms. The SMILES string of the molecule is CCN1CCN(c2nc(-c3ccc(OC[C@H](C)O)cc3)cc3cccnc23)CC1. The minimum Gasteiger partial charge on any atom is -0.491 e. The Balaban J connectivity index is 1.65. The van der Waals surface area contributed by atoms with E-state index in [1.807, 2.05) is 36.5 Å². The lowest BCUT2D eigenvalue weighted by atomic mass is 10.1. The van der Waals surface area contributed by atoms with Gasteiger partial charge in [0.05, 0.1) is 11.8 Å². The van der Waals surface area contributed by atoms with Gasteiger partial charge in [-0.25, -0.2) is 4.98 Å². The molecule has 6 heteroatoms. The summed E-state index contributed by atoms with van der Waals surface area (Å²) in [6.07, 6.45) is 1.35. The Morgan fingerprint density at radius 2 is 1.86 bits per heavy atom. The number of pyridine rings is 2. The number of nitrogens with zero attached hydrogens (tertiary/aromatic N) is 4. The molecule has 1 aliphatic heterocycles. The number of fused-ring (bicyclic) bond motifs is 1. The summed E-state index contributed by atoms with van der Waals surface area (Å²) in [6, 6.07) is 14.0. The zero-order chi connectivity index (χ0) is 20.2. The van der Waals surface area contributed by atoms with E-state index in [9.17, 15) is 5.11 Å². The van der Waals surface area contributed by atoms with E-state index in [0.717, 1.165) is 66.5 Å². The summed E-state index contributed by atoms with van der Waals surface area (Å²) in [5.74, 6) is 1.70. The Labute approximate surface area is 171 Å². The van der Waals surface area contributed by atoms with Gasteiger partial charge in [-0.15, -0.1) is 0 Å². The van der Waals surface area contributed by atoms with E-state index >= 15 is 0 Å². The largest absolute Gasteiger partial charge is 0.491 e. The molecule has 0 unspecified atom stereocenters. The summed E-state index contributed by atoms with van der Waals surface area (Å²) in [7, 11) is 0. The zero-order valence-corrected chi connectivity index (χ0v) is 17.1. The van der Waals surface area contributed by atoms with Crippen LogP contribution in [0.25, 0.3) is 22.2 Å². The van der Waals surface area contributed by atoms with Gasteiger partial charge in [0.2, 0.25) is 0 Å². The van der Waals surface area contributed by atoms with Crippen molar-refractivity contribution in [2.75, 3.05) is 44.2 Å². The van der Waals surface area contributed by atoms with Crippen LogP contribution in [0.5, 0.6) is 5.75 Å². The van der Waals surface area contributed by atoms with Gasteiger partial charge in [-0.2, -0.15) is 0 Å². The van der Waals surface area contributed by atoms with Crippen molar-refractivity contribution in [1.82, 2.24) is 14.9 Å². The molecule has 1 aromatic carbocycles. The first-order chi connectivity index (χ1) is 14.1. The third kappa shape index (κ3) is 4.49. The second-order valence-electron chi connectivity index (χ2n) is 7.51. The van der Waals surface area contributed by atoms with Crippen molar-refractivity contribution >= 4 is 16.7 Å². The van der Waals surface area contributed by atoms with Gasteiger partial charge in [-0.3, -0.25) is 4.98 Å². The summed E-state index contributed by atoms with van der Waals surface area (Å²) in [5.41, 5.74) is 2.92. The van der Waals surface area contributed by atoms with Crippen LogP contribution in [0.1, 0.15) is 13.8 Å². The number of hydrogen-bond donors (Lipinski definition) is 1. The number of aliphatic hydroxyl groups is 1. The molecule has 0 aliphatic carbocycles. The molecule has 0 saturated carbocycles. The van der Waals surface area contributed by atoms with Crippen LogP contribution in [-0.2, 0) is 0 Å². The van der Waals surface area contributed by atoms with Crippen molar-refractivity contribution in [2.24, 2.45) is 0 Å². The number of hydrogen-bond acceptors (Lipinski definition) is 6. The molecule has 29 heavy (non-hydrogen) atoms. The van der Waals surface area contributed by atoms with E-state index in [4.69, 9.17) is 9.72 Å². The topological polar surface area (TPSA) is 61.7 Å². The molecule has 0 bridgehead atoms. The van der Waals surface area contributed by atoms with Crippen LogP contribution >= 0.6 is 0 Å². The van der Waals surface area contributed by atoms with Gasteiger partial charge in [0.1, 0.15) is 17.9 Å². The standard InChI is InChI=1S/C23H28N4O2/c1-3-26-11-13-27(14-12-26)23-22-19(5-4-10-24-22)15-21(25-23)18-6-8-20(9-7-18)29-16-17(2)28/h4-10,15,17,28H,3,11-14,16H2,1-2H3/t17-/m0/s1. The number of anilines is 1. The van der Waals surface area contributed by atoms with Crippen LogP contribution < -0.4 is 9.64 Å². The van der Waals surface area contributed by atoms with Crippen LogP contribution in [0.15, 0.2) is 48.7 Å². The van der Waals surface area contributed by atoms with Crippen LogP contribution in [0.4, 0.5) is 5.82 Å². The average molecular weight is 393 g/mol. The molecule has 1 saturated heterocycles. The highest BCUT2D eigenvalue weighted by Gasteiger charge is 2.20. The predicted octanol–water partition coefficient (Wildman–Crippen LogP) is 3.20. The molecule has 6 nitrogen and oxygen atoms in total. The highest BCUT2D eigenvalue weighted by Crippen LogP contribution is 2.30. The van der Waals surface area contributed by atoms with Crippen molar-refractivity contribution < 1.29 is 9.84 Å². The van der Waals surface area contributed by atoms with Gasteiger partial charge in [-0.1, -0.05) is 13.0 Å². The summed E-state index contributed by atoms with van der Waals surface area (Å²) in [4.78, 5) is 14.5. The van der Waals surface area contributed by atoms with Crippen molar-refractivity contribution in [2.45, 2.75) is 20.0 Å².